The number of benzene rings is 2. The zero-order chi connectivity index (χ0) is 18.8. The Morgan fingerprint density at radius 1 is 1.16 bits per heavy atom. The van der Waals surface area contributed by atoms with Crippen LogP contribution in [0.15, 0.2) is 41.3 Å². The number of hydrogen-bond donors (Lipinski definition) is 1. The van der Waals surface area contributed by atoms with Crippen LogP contribution in [0.5, 0.6) is 0 Å². The van der Waals surface area contributed by atoms with E-state index in [9.17, 15) is 22.0 Å². The summed E-state index contributed by atoms with van der Waals surface area (Å²) in [6.07, 6.45) is 0. The summed E-state index contributed by atoms with van der Waals surface area (Å²) < 4.78 is 51.5. The molecule has 0 atom stereocenters. The summed E-state index contributed by atoms with van der Waals surface area (Å²) >= 11 is 5.90. The molecule has 0 bridgehead atoms. The van der Waals surface area contributed by atoms with Crippen molar-refractivity contribution in [3.05, 3.63) is 58.6 Å². The van der Waals surface area contributed by atoms with Gasteiger partial charge in [0.15, 0.2) is 0 Å². The molecule has 0 aliphatic heterocycles. The Hall–Kier alpha value is -2.07. The molecule has 0 unspecified atom stereocenters. The summed E-state index contributed by atoms with van der Waals surface area (Å²) in [6, 6.07) is 6.04. The Kier molecular flexibility index (Phi) is 5.73. The van der Waals surface area contributed by atoms with Gasteiger partial charge in [0, 0.05) is 24.4 Å². The first-order chi connectivity index (χ1) is 11.6. The van der Waals surface area contributed by atoms with Crippen LogP contribution >= 0.6 is 11.6 Å². The quantitative estimate of drug-likeness (QED) is 0.796. The molecule has 1 amide bonds. The van der Waals surface area contributed by atoms with E-state index in [1.165, 1.54) is 12.1 Å². The highest BCUT2D eigenvalue weighted by Gasteiger charge is 2.25. The van der Waals surface area contributed by atoms with Crippen LogP contribution in [-0.2, 0) is 14.9 Å². The average Bonchev–Trinajstić information content (AvgIpc) is 2.53. The number of halogens is 3. The number of hydroxylamine groups is 1. The molecule has 0 heterocycles. The Morgan fingerprint density at radius 3 is 2.32 bits per heavy atom. The van der Waals surface area contributed by atoms with Crippen LogP contribution in [0.3, 0.4) is 0 Å². The first-order valence-electron chi connectivity index (χ1n) is 6.75. The number of carbonyl (C=O) groups is 1. The Bertz CT molecular complexity index is 901. The number of sulfonamides is 1. The molecule has 1 N–H and O–H groups in total. The number of rotatable bonds is 5. The van der Waals surface area contributed by atoms with Crippen LogP contribution in [0.4, 0.5) is 14.5 Å². The van der Waals surface area contributed by atoms with Gasteiger partial charge in [-0.3, -0.25) is 9.63 Å². The standard InChI is InChI=1S/C15H13ClF2N2O4S/c1-20(24-2)25(22,23)14-5-9(3-4-13(14)16)15(21)19-12-7-10(17)6-11(18)8-12/h3-8H,1-2H3,(H,19,21). The summed E-state index contributed by atoms with van der Waals surface area (Å²) in [6.45, 7) is 0. The number of amides is 1. The Morgan fingerprint density at radius 2 is 1.76 bits per heavy atom. The van der Waals surface area contributed by atoms with Crippen LogP contribution in [-0.4, -0.2) is 33.0 Å². The average molecular weight is 391 g/mol. The van der Waals surface area contributed by atoms with E-state index in [0.717, 1.165) is 32.4 Å². The lowest BCUT2D eigenvalue weighted by molar-refractivity contribution is -0.0258. The molecule has 2 aromatic carbocycles. The van der Waals surface area contributed by atoms with Gasteiger partial charge in [-0.1, -0.05) is 16.1 Å². The van der Waals surface area contributed by atoms with Crippen molar-refractivity contribution in [2.24, 2.45) is 0 Å². The van der Waals surface area contributed by atoms with Gasteiger partial charge < -0.3 is 5.32 Å². The molecule has 0 fully saturated rings. The van der Waals surface area contributed by atoms with Crippen molar-refractivity contribution >= 4 is 33.2 Å². The molecule has 6 nitrogen and oxygen atoms in total. The molecule has 0 saturated heterocycles. The molecule has 25 heavy (non-hydrogen) atoms. The molecule has 0 radical (unpaired) electrons. The third-order valence-corrected chi connectivity index (χ3v) is 5.35. The predicted molar refractivity (Wildman–Crippen MR) is 87.7 cm³/mol. The maximum atomic E-state index is 13.2. The lowest BCUT2D eigenvalue weighted by Crippen LogP contribution is -2.26. The number of nitrogens with zero attached hydrogens (tertiary/aromatic N) is 1. The second-order valence-corrected chi connectivity index (χ2v) is 7.17. The first-order valence-corrected chi connectivity index (χ1v) is 8.57. The highest BCUT2D eigenvalue weighted by atomic mass is 35.5. The van der Waals surface area contributed by atoms with E-state index < -0.39 is 27.6 Å². The third kappa shape index (κ3) is 4.31. The van der Waals surface area contributed by atoms with E-state index in [0.29, 0.717) is 10.5 Å². The van der Waals surface area contributed by atoms with E-state index >= 15 is 0 Å². The van der Waals surface area contributed by atoms with Crippen LogP contribution in [0.1, 0.15) is 10.4 Å². The van der Waals surface area contributed by atoms with Crippen LogP contribution in [0.25, 0.3) is 0 Å². The fourth-order valence-corrected chi connectivity index (χ4v) is 3.38. The van der Waals surface area contributed by atoms with Crippen molar-refractivity contribution < 1.29 is 26.8 Å². The van der Waals surface area contributed by atoms with Crippen LogP contribution in [0.2, 0.25) is 5.02 Å². The Balaban J connectivity index is 2.37. The summed E-state index contributed by atoms with van der Waals surface area (Å²) in [4.78, 5) is 16.5. The molecule has 0 spiro atoms. The van der Waals surface area contributed by atoms with Gasteiger partial charge in [0.2, 0.25) is 0 Å². The zero-order valence-corrected chi connectivity index (χ0v) is 14.7. The zero-order valence-electron chi connectivity index (χ0n) is 13.1. The van der Waals surface area contributed by atoms with Crippen molar-refractivity contribution in [1.82, 2.24) is 4.47 Å². The minimum atomic E-state index is -4.08. The molecular weight excluding hydrogens is 378 g/mol. The lowest BCUT2D eigenvalue weighted by Gasteiger charge is -2.16. The second-order valence-electron chi connectivity index (χ2n) is 4.85. The van der Waals surface area contributed by atoms with E-state index in [4.69, 9.17) is 11.6 Å². The monoisotopic (exact) mass is 390 g/mol. The molecule has 0 aliphatic rings. The van der Waals surface area contributed by atoms with E-state index in [-0.39, 0.29) is 21.2 Å². The topological polar surface area (TPSA) is 75.7 Å². The van der Waals surface area contributed by atoms with Gasteiger partial charge in [-0.2, -0.15) is 0 Å². The number of hydrogen-bond acceptors (Lipinski definition) is 4. The molecule has 2 rings (SSSR count). The Labute approximate surface area is 148 Å². The fourth-order valence-electron chi connectivity index (χ4n) is 1.91. The van der Waals surface area contributed by atoms with Crippen molar-refractivity contribution in [1.29, 1.82) is 0 Å². The van der Waals surface area contributed by atoms with Gasteiger partial charge in [-0.25, -0.2) is 17.2 Å². The van der Waals surface area contributed by atoms with Gasteiger partial charge in [0.1, 0.15) is 16.5 Å². The van der Waals surface area contributed by atoms with Crippen LogP contribution < -0.4 is 5.32 Å². The molecule has 0 aromatic heterocycles. The molecular formula is C15H13ClF2N2O4S. The van der Waals surface area contributed by atoms with E-state index in [2.05, 4.69) is 10.2 Å². The SMILES string of the molecule is CON(C)S(=O)(=O)c1cc(C(=O)Nc2cc(F)cc(F)c2)ccc1Cl. The number of anilines is 1. The van der Waals surface area contributed by atoms with Crippen molar-refractivity contribution in [2.75, 3.05) is 19.5 Å². The minimum Gasteiger partial charge on any atom is -0.322 e. The maximum absolute atomic E-state index is 13.2. The minimum absolute atomic E-state index is 0.0721. The van der Waals surface area contributed by atoms with Gasteiger partial charge in [0.25, 0.3) is 15.9 Å². The second kappa shape index (κ2) is 7.44. The van der Waals surface area contributed by atoms with E-state index in [1.54, 1.807) is 0 Å². The summed E-state index contributed by atoms with van der Waals surface area (Å²) in [5, 5.41) is 2.17. The fraction of sp³-hybridized carbons (Fsp3) is 0.133. The molecule has 134 valence electrons. The molecule has 0 saturated carbocycles. The van der Waals surface area contributed by atoms with Crippen molar-refractivity contribution in [2.45, 2.75) is 4.90 Å². The van der Waals surface area contributed by atoms with Crippen LogP contribution in [0, 0.1) is 11.6 Å². The molecule has 0 aliphatic carbocycles. The lowest BCUT2D eigenvalue weighted by atomic mass is 10.2. The van der Waals surface area contributed by atoms with E-state index in [1.807, 2.05) is 0 Å². The number of nitrogens with one attached hydrogen (secondary N) is 1. The van der Waals surface area contributed by atoms with Gasteiger partial charge in [0.05, 0.1) is 12.1 Å². The maximum Gasteiger partial charge on any atom is 0.266 e. The largest absolute Gasteiger partial charge is 0.322 e. The molecule has 10 heteroatoms. The summed E-state index contributed by atoms with van der Waals surface area (Å²) in [5.74, 6) is -2.49. The number of carbonyl (C=O) groups excluding carboxylic acids is 1. The smallest absolute Gasteiger partial charge is 0.266 e. The van der Waals surface area contributed by atoms with Gasteiger partial charge >= 0.3 is 0 Å². The highest BCUT2D eigenvalue weighted by Crippen LogP contribution is 2.26. The highest BCUT2D eigenvalue weighted by molar-refractivity contribution is 7.89. The van der Waals surface area contributed by atoms with Crippen molar-refractivity contribution in [3.63, 3.8) is 0 Å². The summed E-state index contributed by atoms with van der Waals surface area (Å²) in [7, 11) is -1.77. The van der Waals surface area contributed by atoms with Gasteiger partial charge in [-0.05, 0) is 30.3 Å². The third-order valence-electron chi connectivity index (χ3n) is 3.19. The normalized spacial score (nSPS) is 11.6. The first kappa shape index (κ1) is 19.3. The van der Waals surface area contributed by atoms with Gasteiger partial charge in [-0.15, -0.1) is 0 Å². The van der Waals surface area contributed by atoms with Crippen molar-refractivity contribution in [3.8, 4) is 0 Å². The predicted octanol–water partition coefficient (Wildman–Crippen LogP) is 3.05. The molecule has 2 aromatic rings. The summed E-state index contributed by atoms with van der Waals surface area (Å²) in [5.41, 5.74) is -0.187.